The molecule has 4 heterocycles. The SMILES string of the molecule is CCc1noc(-c2nc(C)c3[nH]c4c(c3c2COC)C(N2CCOCC2)CCC4)n1. The van der Waals surface area contributed by atoms with Crippen molar-refractivity contribution in [3.05, 3.63) is 28.3 Å². The summed E-state index contributed by atoms with van der Waals surface area (Å²) in [6.07, 6.45) is 4.13. The molecule has 1 aliphatic heterocycles. The zero-order chi connectivity index (χ0) is 20.7. The van der Waals surface area contributed by atoms with E-state index in [0.29, 0.717) is 24.4 Å². The van der Waals surface area contributed by atoms with Gasteiger partial charge < -0.3 is 19.0 Å². The van der Waals surface area contributed by atoms with Crippen LogP contribution in [0.4, 0.5) is 0 Å². The van der Waals surface area contributed by atoms with Gasteiger partial charge in [0.2, 0.25) is 0 Å². The third-order valence-corrected chi connectivity index (χ3v) is 6.35. The largest absolute Gasteiger partial charge is 0.380 e. The zero-order valence-electron chi connectivity index (χ0n) is 18.0. The third-order valence-electron chi connectivity index (χ3n) is 6.35. The van der Waals surface area contributed by atoms with Crippen molar-refractivity contribution in [2.24, 2.45) is 0 Å². The summed E-state index contributed by atoms with van der Waals surface area (Å²) in [5.74, 6) is 1.16. The van der Waals surface area contributed by atoms with E-state index in [1.165, 1.54) is 23.1 Å². The van der Waals surface area contributed by atoms with E-state index < -0.39 is 0 Å². The molecule has 8 heteroatoms. The maximum absolute atomic E-state index is 5.63. The molecule has 1 N–H and O–H groups in total. The van der Waals surface area contributed by atoms with Crippen molar-refractivity contribution in [3.63, 3.8) is 0 Å². The summed E-state index contributed by atoms with van der Waals surface area (Å²) in [4.78, 5) is 15.7. The van der Waals surface area contributed by atoms with Gasteiger partial charge >= 0.3 is 0 Å². The van der Waals surface area contributed by atoms with E-state index in [9.17, 15) is 0 Å². The van der Waals surface area contributed by atoms with Crippen LogP contribution in [0.1, 0.15) is 54.1 Å². The van der Waals surface area contributed by atoms with E-state index in [4.69, 9.17) is 19.0 Å². The van der Waals surface area contributed by atoms with E-state index >= 15 is 0 Å². The van der Waals surface area contributed by atoms with E-state index in [-0.39, 0.29) is 0 Å². The molecule has 1 fully saturated rings. The lowest BCUT2D eigenvalue weighted by Crippen LogP contribution is -2.40. The van der Waals surface area contributed by atoms with E-state index in [1.807, 2.05) is 13.8 Å². The lowest BCUT2D eigenvalue weighted by atomic mass is 9.87. The summed E-state index contributed by atoms with van der Waals surface area (Å²) in [5, 5.41) is 5.31. The maximum Gasteiger partial charge on any atom is 0.276 e. The first kappa shape index (κ1) is 19.7. The Hall–Kier alpha value is -2.29. The molecule has 0 aromatic carbocycles. The molecule has 1 saturated heterocycles. The van der Waals surface area contributed by atoms with Gasteiger partial charge in [-0.2, -0.15) is 4.98 Å². The molecular weight excluding hydrogens is 382 g/mol. The second kappa shape index (κ2) is 8.09. The number of aromatic nitrogens is 4. The molecule has 0 bridgehead atoms. The summed E-state index contributed by atoms with van der Waals surface area (Å²) >= 11 is 0. The van der Waals surface area contributed by atoms with E-state index in [1.54, 1.807) is 7.11 Å². The summed E-state index contributed by atoms with van der Waals surface area (Å²) in [7, 11) is 1.72. The van der Waals surface area contributed by atoms with Gasteiger partial charge in [0.15, 0.2) is 5.82 Å². The van der Waals surface area contributed by atoms with Gasteiger partial charge in [-0.05, 0) is 31.7 Å². The number of methoxy groups -OCH3 is 1. The van der Waals surface area contributed by atoms with Crippen LogP contribution in [0, 0.1) is 6.92 Å². The van der Waals surface area contributed by atoms with Crippen molar-refractivity contribution < 1.29 is 14.0 Å². The van der Waals surface area contributed by atoms with Crippen LogP contribution in [0.5, 0.6) is 0 Å². The number of aryl methyl sites for hydroxylation is 3. The summed E-state index contributed by atoms with van der Waals surface area (Å²) < 4.78 is 16.8. The Labute approximate surface area is 176 Å². The standard InChI is InChI=1S/C22H29N5O3/c1-4-17-25-22(30-26-17)21-14(12-28-3)18-19-15(24-20(18)13(2)23-21)6-5-7-16(19)27-8-10-29-11-9-27/h16,24H,4-12H2,1-3H3. The van der Waals surface area contributed by atoms with Crippen molar-refractivity contribution in [2.45, 2.75) is 52.2 Å². The molecule has 0 spiro atoms. The lowest BCUT2D eigenvalue weighted by Gasteiger charge is -2.37. The number of morpholine rings is 1. The fourth-order valence-electron chi connectivity index (χ4n) is 4.95. The van der Waals surface area contributed by atoms with Crippen molar-refractivity contribution in [1.29, 1.82) is 0 Å². The van der Waals surface area contributed by atoms with Crippen LogP contribution < -0.4 is 0 Å². The molecule has 3 aromatic rings. The Balaban J connectivity index is 1.73. The van der Waals surface area contributed by atoms with Crippen LogP contribution in [0.2, 0.25) is 0 Å². The molecule has 2 aliphatic rings. The lowest BCUT2D eigenvalue weighted by molar-refractivity contribution is 0.0127. The number of aromatic amines is 1. The van der Waals surface area contributed by atoms with Gasteiger partial charge in [0.05, 0.1) is 31.0 Å². The Morgan fingerprint density at radius 1 is 1.23 bits per heavy atom. The molecule has 0 saturated carbocycles. The van der Waals surface area contributed by atoms with Crippen LogP contribution in [-0.2, 0) is 28.9 Å². The molecule has 0 radical (unpaired) electrons. The van der Waals surface area contributed by atoms with E-state index in [0.717, 1.165) is 68.0 Å². The number of fused-ring (bicyclic) bond motifs is 3. The minimum absolute atomic E-state index is 0.380. The van der Waals surface area contributed by atoms with Crippen LogP contribution in [0.15, 0.2) is 4.52 Å². The zero-order valence-corrected chi connectivity index (χ0v) is 18.0. The smallest absolute Gasteiger partial charge is 0.276 e. The van der Waals surface area contributed by atoms with E-state index in [2.05, 4.69) is 20.0 Å². The second-order valence-corrected chi connectivity index (χ2v) is 8.15. The fraction of sp³-hybridized carbons (Fsp3) is 0.591. The first-order valence-corrected chi connectivity index (χ1v) is 10.9. The van der Waals surface area contributed by atoms with Gasteiger partial charge in [-0.15, -0.1) is 0 Å². The summed E-state index contributed by atoms with van der Waals surface area (Å²) in [6.45, 7) is 8.05. The number of ether oxygens (including phenoxy) is 2. The minimum atomic E-state index is 0.380. The van der Waals surface area contributed by atoms with Crippen LogP contribution in [-0.4, -0.2) is 58.4 Å². The molecular formula is C22H29N5O3. The number of nitrogens with one attached hydrogen (secondary N) is 1. The number of rotatable bonds is 5. The number of H-pyrrole nitrogens is 1. The van der Waals surface area contributed by atoms with Crippen LogP contribution in [0.25, 0.3) is 22.5 Å². The predicted molar refractivity (Wildman–Crippen MR) is 112 cm³/mol. The van der Waals surface area contributed by atoms with Gasteiger partial charge in [-0.1, -0.05) is 12.1 Å². The molecule has 1 atom stereocenters. The highest BCUT2D eigenvalue weighted by Gasteiger charge is 2.33. The van der Waals surface area contributed by atoms with Crippen LogP contribution in [0.3, 0.4) is 0 Å². The van der Waals surface area contributed by atoms with Crippen molar-refractivity contribution in [1.82, 2.24) is 25.0 Å². The van der Waals surface area contributed by atoms with Gasteiger partial charge in [0, 0.05) is 49.3 Å². The molecule has 1 unspecified atom stereocenters. The number of hydrogen-bond acceptors (Lipinski definition) is 7. The second-order valence-electron chi connectivity index (χ2n) is 8.15. The van der Waals surface area contributed by atoms with Crippen molar-refractivity contribution >= 4 is 10.9 Å². The Kier molecular flexibility index (Phi) is 5.30. The van der Waals surface area contributed by atoms with Crippen molar-refractivity contribution in [3.8, 4) is 11.6 Å². The molecule has 3 aromatic heterocycles. The Morgan fingerprint density at radius 2 is 2.07 bits per heavy atom. The number of hydrogen-bond donors (Lipinski definition) is 1. The quantitative estimate of drug-likeness (QED) is 0.689. The molecule has 5 rings (SSSR count). The third kappa shape index (κ3) is 3.23. The summed E-state index contributed by atoms with van der Waals surface area (Å²) in [6, 6.07) is 0.380. The highest BCUT2D eigenvalue weighted by Crippen LogP contribution is 2.43. The minimum Gasteiger partial charge on any atom is -0.380 e. The monoisotopic (exact) mass is 411 g/mol. The highest BCUT2D eigenvalue weighted by atomic mass is 16.5. The van der Waals surface area contributed by atoms with Gasteiger partial charge in [-0.3, -0.25) is 4.90 Å². The maximum atomic E-state index is 5.63. The first-order chi connectivity index (χ1) is 14.7. The molecule has 160 valence electrons. The average molecular weight is 412 g/mol. The van der Waals surface area contributed by atoms with Gasteiger partial charge in [-0.25, -0.2) is 4.98 Å². The Bertz CT molecular complexity index is 1050. The average Bonchev–Trinajstić information content (AvgIpc) is 3.41. The fourth-order valence-corrected chi connectivity index (χ4v) is 4.95. The van der Waals surface area contributed by atoms with Crippen LogP contribution >= 0.6 is 0 Å². The topological polar surface area (TPSA) is 89.3 Å². The highest BCUT2D eigenvalue weighted by molar-refractivity contribution is 5.93. The molecule has 30 heavy (non-hydrogen) atoms. The molecule has 8 nitrogen and oxygen atoms in total. The van der Waals surface area contributed by atoms with Gasteiger partial charge in [0.1, 0.15) is 5.69 Å². The number of pyridine rings is 1. The Morgan fingerprint density at radius 3 is 2.80 bits per heavy atom. The molecule has 0 amide bonds. The first-order valence-electron chi connectivity index (χ1n) is 10.9. The molecule has 1 aliphatic carbocycles. The normalized spacial score (nSPS) is 20.0. The number of nitrogens with zero attached hydrogens (tertiary/aromatic N) is 4. The predicted octanol–water partition coefficient (Wildman–Crippen LogP) is 3.34. The van der Waals surface area contributed by atoms with Gasteiger partial charge in [0.25, 0.3) is 5.89 Å². The van der Waals surface area contributed by atoms with Crippen molar-refractivity contribution in [2.75, 3.05) is 33.4 Å². The summed E-state index contributed by atoms with van der Waals surface area (Å²) in [5.41, 5.74) is 6.54.